The van der Waals surface area contributed by atoms with Gasteiger partial charge in [-0.25, -0.2) is 4.99 Å². The Labute approximate surface area is 171 Å². The predicted molar refractivity (Wildman–Crippen MR) is 117 cm³/mol. The first kappa shape index (κ1) is 21.6. The van der Waals surface area contributed by atoms with E-state index < -0.39 is 0 Å². The molecule has 29 heavy (non-hydrogen) atoms. The minimum Gasteiger partial charge on any atom is -0.493 e. The molecule has 2 aromatic carbocycles. The number of benzene rings is 2. The predicted octanol–water partition coefficient (Wildman–Crippen LogP) is 3.09. The van der Waals surface area contributed by atoms with Gasteiger partial charge in [0.15, 0.2) is 17.5 Å². The van der Waals surface area contributed by atoms with Gasteiger partial charge >= 0.3 is 0 Å². The minimum atomic E-state index is -0.249. The van der Waals surface area contributed by atoms with Crippen molar-refractivity contribution in [3.05, 3.63) is 48.0 Å². The summed E-state index contributed by atoms with van der Waals surface area (Å²) in [6, 6.07) is 12.6. The van der Waals surface area contributed by atoms with Crippen molar-refractivity contribution in [2.75, 3.05) is 37.4 Å². The Hall–Kier alpha value is -3.66. The molecule has 0 heterocycles. The minimum absolute atomic E-state index is 0.0518. The maximum atomic E-state index is 12.2. The Balaban J connectivity index is 2.05. The lowest BCUT2D eigenvalue weighted by molar-refractivity contribution is -0.114. The zero-order valence-electron chi connectivity index (χ0n) is 16.9. The van der Waals surface area contributed by atoms with Gasteiger partial charge in [0.25, 0.3) is 0 Å². The average Bonchev–Trinajstić information content (AvgIpc) is 2.73. The van der Waals surface area contributed by atoms with Crippen LogP contribution in [0.25, 0.3) is 0 Å². The first-order valence-corrected chi connectivity index (χ1v) is 9.32. The van der Waals surface area contributed by atoms with Crippen molar-refractivity contribution in [3.8, 4) is 23.8 Å². The van der Waals surface area contributed by atoms with Crippen LogP contribution in [0.5, 0.6) is 11.5 Å². The second-order valence-electron chi connectivity index (χ2n) is 5.89. The fraction of sp³-hybridized carbons (Fsp3) is 0.273. The molecule has 1 amide bonds. The number of methoxy groups -OCH3 is 1. The van der Waals surface area contributed by atoms with Crippen molar-refractivity contribution < 1.29 is 14.3 Å². The van der Waals surface area contributed by atoms with Gasteiger partial charge in [-0.1, -0.05) is 12.0 Å². The standard InChI is InChI=1S/C22H26N4O3/c1-5-16-9-8-10-17(13-16)25-21(27)15-24-22(23-6-2)26-18-11-12-19(29-7-3)20(14-18)28-4/h1,8-14H,6-7,15H2,2-4H3,(H,25,27)(H2,23,24,26). The molecule has 0 radical (unpaired) electrons. The molecule has 2 rings (SSSR count). The zero-order chi connectivity index (χ0) is 21.1. The molecule has 152 valence electrons. The van der Waals surface area contributed by atoms with E-state index in [9.17, 15) is 4.79 Å². The number of ether oxygens (including phenoxy) is 2. The number of hydrogen-bond donors (Lipinski definition) is 3. The van der Waals surface area contributed by atoms with Crippen LogP contribution in [-0.4, -0.2) is 38.7 Å². The molecule has 0 saturated carbocycles. The molecular weight excluding hydrogens is 368 g/mol. The Kier molecular flexibility index (Phi) is 8.39. The molecule has 0 aliphatic carbocycles. The van der Waals surface area contributed by atoms with Crippen molar-refractivity contribution in [2.24, 2.45) is 4.99 Å². The number of guanidine groups is 1. The van der Waals surface area contributed by atoms with Crippen molar-refractivity contribution in [1.29, 1.82) is 0 Å². The van der Waals surface area contributed by atoms with Gasteiger partial charge in [-0.2, -0.15) is 0 Å². The lowest BCUT2D eigenvalue weighted by atomic mass is 10.2. The molecule has 0 aliphatic rings. The number of carbonyl (C=O) groups is 1. The summed E-state index contributed by atoms with van der Waals surface area (Å²) >= 11 is 0. The van der Waals surface area contributed by atoms with E-state index >= 15 is 0 Å². The summed E-state index contributed by atoms with van der Waals surface area (Å²) < 4.78 is 10.9. The highest BCUT2D eigenvalue weighted by Crippen LogP contribution is 2.30. The number of hydrogen-bond acceptors (Lipinski definition) is 4. The van der Waals surface area contributed by atoms with Crippen LogP contribution in [0.15, 0.2) is 47.5 Å². The van der Waals surface area contributed by atoms with E-state index in [-0.39, 0.29) is 12.5 Å². The number of carbonyl (C=O) groups excluding carboxylic acids is 1. The zero-order valence-corrected chi connectivity index (χ0v) is 16.9. The summed E-state index contributed by atoms with van der Waals surface area (Å²) in [5.74, 6) is 4.04. The van der Waals surface area contributed by atoms with E-state index in [2.05, 4.69) is 26.9 Å². The third kappa shape index (κ3) is 6.78. The Morgan fingerprint density at radius 2 is 1.90 bits per heavy atom. The van der Waals surface area contributed by atoms with E-state index in [4.69, 9.17) is 15.9 Å². The Morgan fingerprint density at radius 1 is 1.10 bits per heavy atom. The fourth-order valence-corrected chi connectivity index (χ4v) is 2.50. The number of terminal acetylenes is 1. The molecule has 0 saturated heterocycles. The molecule has 0 unspecified atom stereocenters. The van der Waals surface area contributed by atoms with Gasteiger partial charge in [-0.15, -0.1) is 6.42 Å². The second-order valence-corrected chi connectivity index (χ2v) is 5.89. The molecule has 7 heteroatoms. The largest absolute Gasteiger partial charge is 0.493 e. The highest BCUT2D eigenvalue weighted by atomic mass is 16.5. The van der Waals surface area contributed by atoms with E-state index in [0.29, 0.717) is 41.9 Å². The molecule has 3 N–H and O–H groups in total. The van der Waals surface area contributed by atoms with Gasteiger partial charge < -0.3 is 25.4 Å². The summed E-state index contributed by atoms with van der Waals surface area (Å²) in [6.07, 6.45) is 5.38. The summed E-state index contributed by atoms with van der Waals surface area (Å²) in [6.45, 7) is 5.00. The molecule has 0 spiro atoms. The highest BCUT2D eigenvalue weighted by molar-refractivity contribution is 5.98. The number of nitrogens with one attached hydrogen (secondary N) is 3. The first-order chi connectivity index (χ1) is 14.1. The smallest absolute Gasteiger partial charge is 0.246 e. The molecule has 0 aromatic heterocycles. The monoisotopic (exact) mass is 394 g/mol. The Morgan fingerprint density at radius 3 is 2.59 bits per heavy atom. The maximum Gasteiger partial charge on any atom is 0.246 e. The number of aliphatic imine (C=N–C) groups is 1. The fourth-order valence-electron chi connectivity index (χ4n) is 2.50. The van der Waals surface area contributed by atoms with Crippen molar-refractivity contribution in [2.45, 2.75) is 13.8 Å². The average molecular weight is 394 g/mol. The van der Waals surface area contributed by atoms with Crippen molar-refractivity contribution in [1.82, 2.24) is 5.32 Å². The van der Waals surface area contributed by atoms with Gasteiger partial charge in [-0.3, -0.25) is 4.79 Å². The van der Waals surface area contributed by atoms with E-state index in [0.717, 1.165) is 5.69 Å². The van der Waals surface area contributed by atoms with Gasteiger partial charge in [0.05, 0.1) is 13.7 Å². The summed E-state index contributed by atoms with van der Waals surface area (Å²) in [5.41, 5.74) is 2.09. The third-order valence-corrected chi connectivity index (χ3v) is 3.76. The third-order valence-electron chi connectivity index (χ3n) is 3.76. The van der Waals surface area contributed by atoms with Crippen LogP contribution >= 0.6 is 0 Å². The number of rotatable bonds is 8. The molecule has 0 fully saturated rings. The van der Waals surface area contributed by atoms with Crippen LogP contribution in [0.1, 0.15) is 19.4 Å². The van der Waals surface area contributed by atoms with Gasteiger partial charge in [0.2, 0.25) is 5.91 Å². The van der Waals surface area contributed by atoms with Crippen molar-refractivity contribution in [3.63, 3.8) is 0 Å². The normalized spacial score (nSPS) is 10.6. The molecule has 0 aliphatic heterocycles. The molecule has 0 atom stereocenters. The molecule has 0 bridgehead atoms. The van der Waals surface area contributed by atoms with Gasteiger partial charge in [-0.05, 0) is 44.2 Å². The lowest BCUT2D eigenvalue weighted by Gasteiger charge is -2.14. The number of amides is 1. The summed E-state index contributed by atoms with van der Waals surface area (Å²) in [4.78, 5) is 16.6. The SMILES string of the molecule is C#Cc1cccc(NC(=O)CN=C(NCC)Nc2ccc(OCC)c(OC)c2)c1. The maximum absolute atomic E-state index is 12.2. The first-order valence-electron chi connectivity index (χ1n) is 9.32. The Bertz CT molecular complexity index is 903. The second kappa shape index (κ2) is 11.2. The topological polar surface area (TPSA) is 84.0 Å². The van der Waals surface area contributed by atoms with E-state index in [1.54, 1.807) is 31.4 Å². The van der Waals surface area contributed by atoms with E-state index in [1.807, 2.05) is 32.0 Å². The van der Waals surface area contributed by atoms with Crippen LogP contribution < -0.4 is 25.4 Å². The van der Waals surface area contributed by atoms with E-state index in [1.165, 1.54) is 0 Å². The van der Waals surface area contributed by atoms with Crippen LogP contribution in [0, 0.1) is 12.3 Å². The quantitative estimate of drug-likeness (QED) is 0.364. The van der Waals surface area contributed by atoms with Crippen LogP contribution in [0.3, 0.4) is 0 Å². The lowest BCUT2D eigenvalue weighted by Crippen LogP contribution is -2.31. The summed E-state index contributed by atoms with van der Waals surface area (Å²) in [7, 11) is 1.58. The number of anilines is 2. The summed E-state index contributed by atoms with van der Waals surface area (Å²) in [5, 5.41) is 9.05. The van der Waals surface area contributed by atoms with Crippen LogP contribution in [-0.2, 0) is 4.79 Å². The van der Waals surface area contributed by atoms with Crippen LogP contribution in [0.4, 0.5) is 11.4 Å². The highest BCUT2D eigenvalue weighted by Gasteiger charge is 2.08. The molecule has 7 nitrogen and oxygen atoms in total. The molecular formula is C22H26N4O3. The molecule has 2 aromatic rings. The van der Waals surface area contributed by atoms with Crippen molar-refractivity contribution >= 4 is 23.2 Å². The van der Waals surface area contributed by atoms with Gasteiger partial charge in [0.1, 0.15) is 6.54 Å². The van der Waals surface area contributed by atoms with Crippen LogP contribution in [0.2, 0.25) is 0 Å². The number of nitrogens with zero attached hydrogens (tertiary/aromatic N) is 1. The van der Waals surface area contributed by atoms with Gasteiger partial charge in [0, 0.05) is 29.5 Å².